The van der Waals surface area contributed by atoms with E-state index in [-0.39, 0.29) is 6.29 Å². The SMILES string of the molecule is C=COC(CC)OC. The van der Waals surface area contributed by atoms with Crippen LogP contribution in [0.4, 0.5) is 0 Å². The van der Waals surface area contributed by atoms with Gasteiger partial charge in [0.25, 0.3) is 0 Å². The molecule has 1 atom stereocenters. The summed E-state index contributed by atoms with van der Waals surface area (Å²) in [6, 6.07) is 0. The van der Waals surface area contributed by atoms with E-state index < -0.39 is 0 Å². The molecule has 0 N–H and O–H groups in total. The van der Waals surface area contributed by atoms with E-state index in [4.69, 9.17) is 9.47 Å². The second kappa shape index (κ2) is 4.65. The summed E-state index contributed by atoms with van der Waals surface area (Å²) in [5.74, 6) is 0. The van der Waals surface area contributed by atoms with Gasteiger partial charge in [-0.1, -0.05) is 13.5 Å². The molecule has 2 nitrogen and oxygen atoms in total. The molecule has 0 amide bonds. The zero-order valence-corrected chi connectivity index (χ0v) is 5.39. The highest BCUT2D eigenvalue weighted by Crippen LogP contribution is 1.96. The second-order valence-corrected chi connectivity index (χ2v) is 1.38. The van der Waals surface area contributed by atoms with Crippen molar-refractivity contribution in [2.45, 2.75) is 19.6 Å². The first kappa shape index (κ1) is 7.50. The molecule has 8 heavy (non-hydrogen) atoms. The number of ether oxygens (including phenoxy) is 2. The van der Waals surface area contributed by atoms with Crippen molar-refractivity contribution >= 4 is 0 Å². The van der Waals surface area contributed by atoms with E-state index in [1.165, 1.54) is 6.26 Å². The molecule has 0 aliphatic rings. The smallest absolute Gasteiger partial charge is 0.198 e. The highest BCUT2D eigenvalue weighted by atomic mass is 16.7. The molecule has 0 bridgehead atoms. The molecule has 0 aromatic carbocycles. The molecule has 0 rings (SSSR count). The molecule has 0 heterocycles. The van der Waals surface area contributed by atoms with Gasteiger partial charge in [0.15, 0.2) is 6.29 Å². The molecule has 48 valence electrons. The molecule has 1 unspecified atom stereocenters. The van der Waals surface area contributed by atoms with Crippen LogP contribution in [-0.2, 0) is 9.47 Å². The van der Waals surface area contributed by atoms with Gasteiger partial charge in [-0.3, -0.25) is 0 Å². The maximum absolute atomic E-state index is 4.88. The van der Waals surface area contributed by atoms with Crippen molar-refractivity contribution in [2.75, 3.05) is 7.11 Å². The quantitative estimate of drug-likeness (QED) is 0.409. The Bertz CT molecular complexity index is 57.5. The summed E-state index contributed by atoms with van der Waals surface area (Å²) in [4.78, 5) is 0. The molecular formula is C6H12O2. The molecule has 0 saturated carbocycles. The number of hydrogen-bond acceptors (Lipinski definition) is 2. The van der Waals surface area contributed by atoms with E-state index in [1.807, 2.05) is 6.92 Å². The van der Waals surface area contributed by atoms with Gasteiger partial charge in [-0.15, -0.1) is 0 Å². The van der Waals surface area contributed by atoms with Crippen LogP contribution in [-0.4, -0.2) is 13.4 Å². The molecule has 0 aromatic rings. The van der Waals surface area contributed by atoms with Crippen LogP contribution < -0.4 is 0 Å². The van der Waals surface area contributed by atoms with Gasteiger partial charge in [0.1, 0.15) is 0 Å². The number of rotatable bonds is 4. The molecule has 2 heteroatoms. The molecular weight excluding hydrogens is 104 g/mol. The lowest BCUT2D eigenvalue weighted by Crippen LogP contribution is -2.09. The summed E-state index contributed by atoms with van der Waals surface area (Å²) in [7, 11) is 1.61. The Balaban J connectivity index is 3.20. The van der Waals surface area contributed by atoms with Gasteiger partial charge in [0, 0.05) is 13.5 Å². The summed E-state index contributed by atoms with van der Waals surface area (Å²) in [6.45, 7) is 5.38. The third kappa shape index (κ3) is 2.64. The van der Waals surface area contributed by atoms with Crippen molar-refractivity contribution in [2.24, 2.45) is 0 Å². The van der Waals surface area contributed by atoms with Crippen LogP contribution >= 0.6 is 0 Å². The normalized spacial score (nSPS) is 12.8. The van der Waals surface area contributed by atoms with E-state index in [0.717, 1.165) is 6.42 Å². The minimum absolute atomic E-state index is 0.118. The summed E-state index contributed by atoms with van der Waals surface area (Å²) in [5.41, 5.74) is 0. The molecule has 0 aliphatic carbocycles. The zero-order valence-electron chi connectivity index (χ0n) is 5.39. The highest BCUT2D eigenvalue weighted by Gasteiger charge is 1.98. The Morgan fingerprint density at radius 3 is 2.50 bits per heavy atom. The first-order chi connectivity index (χ1) is 3.85. The fraction of sp³-hybridized carbons (Fsp3) is 0.667. The van der Waals surface area contributed by atoms with Crippen molar-refractivity contribution in [1.82, 2.24) is 0 Å². The van der Waals surface area contributed by atoms with Crippen LogP contribution in [0.5, 0.6) is 0 Å². The average Bonchev–Trinajstić information content (AvgIpc) is 1.83. The molecule has 0 spiro atoms. The highest BCUT2D eigenvalue weighted by molar-refractivity contribution is 4.50. The topological polar surface area (TPSA) is 18.5 Å². The van der Waals surface area contributed by atoms with E-state index in [2.05, 4.69) is 6.58 Å². The summed E-state index contributed by atoms with van der Waals surface area (Å²) in [6.07, 6.45) is 2.12. The van der Waals surface area contributed by atoms with Gasteiger partial charge in [0.2, 0.25) is 0 Å². The van der Waals surface area contributed by atoms with Crippen LogP contribution in [0.25, 0.3) is 0 Å². The van der Waals surface area contributed by atoms with Gasteiger partial charge < -0.3 is 9.47 Å². The maximum Gasteiger partial charge on any atom is 0.198 e. The van der Waals surface area contributed by atoms with E-state index in [1.54, 1.807) is 7.11 Å². The van der Waals surface area contributed by atoms with Gasteiger partial charge in [-0.2, -0.15) is 0 Å². The van der Waals surface area contributed by atoms with E-state index in [0.29, 0.717) is 0 Å². The average molecular weight is 116 g/mol. The Morgan fingerprint density at radius 2 is 2.38 bits per heavy atom. The van der Waals surface area contributed by atoms with Gasteiger partial charge in [-0.25, -0.2) is 0 Å². The van der Waals surface area contributed by atoms with Crippen LogP contribution in [0.1, 0.15) is 13.3 Å². The van der Waals surface area contributed by atoms with Gasteiger partial charge in [-0.05, 0) is 0 Å². The van der Waals surface area contributed by atoms with Crippen molar-refractivity contribution in [1.29, 1.82) is 0 Å². The van der Waals surface area contributed by atoms with Crippen LogP contribution in [0.3, 0.4) is 0 Å². The molecule has 0 saturated heterocycles. The van der Waals surface area contributed by atoms with Crippen LogP contribution in [0.15, 0.2) is 12.8 Å². The predicted molar refractivity (Wildman–Crippen MR) is 32.4 cm³/mol. The number of hydrogen-bond donors (Lipinski definition) is 0. The maximum atomic E-state index is 4.88. The van der Waals surface area contributed by atoms with E-state index in [9.17, 15) is 0 Å². The second-order valence-electron chi connectivity index (χ2n) is 1.38. The minimum Gasteiger partial charge on any atom is -0.473 e. The molecule has 0 radical (unpaired) electrons. The van der Waals surface area contributed by atoms with Crippen molar-refractivity contribution in [3.8, 4) is 0 Å². The number of methoxy groups -OCH3 is 1. The van der Waals surface area contributed by atoms with Crippen molar-refractivity contribution in [3.05, 3.63) is 12.8 Å². The third-order valence-electron chi connectivity index (χ3n) is 0.844. The van der Waals surface area contributed by atoms with Crippen LogP contribution in [0, 0.1) is 0 Å². The molecule has 0 aromatic heterocycles. The Morgan fingerprint density at radius 1 is 1.75 bits per heavy atom. The first-order valence-electron chi connectivity index (χ1n) is 2.64. The Kier molecular flexibility index (Phi) is 4.36. The summed E-state index contributed by atoms with van der Waals surface area (Å²) < 4.78 is 9.73. The standard InChI is InChI=1S/C6H12O2/c1-4-6(7-3)8-5-2/h5-6H,2,4H2,1,3H3. The largest absolute Gasteiger partial charge is 0.473 e. The lowest BCUT2D eigenvalue weighted by Gasteiger charge is -2.10. The summed E-state index contributed by atoms with van der Waals surface area (Å²) >= 11 is 0. The third-order valence-corrected chi connectivity index (χ3v) is 0.844. The lowest BCUT2D eigenvalue weighted by atomic mass is 10.5. The zero-order chi connectivity index (χ0) is 6.41. The van der Waals surface area contributed by atoms with E-state index >= 15 is 0 Å². The van der Waals surface area contributed by atoms with Crippen molar-refractivity contribution in [3.63, 3.8) is 0 Å². The lowest BCUT2D eigenvalue weighted by molar-refractivity contribution is -0.0832. The van der Waals surface area contributed by atoms with Gasteiger partial charge in [0.05, 0.1) is 6.26 Å². The fourth-order valence-electron chi connectivity index (χ4n) is 0.426. The van der Waals surface area contributed by atoms with Crippen molar-refractivity contribution < 1.29 is 9.47 Å². The Hall–Kier alpha value is -0.500. The fourth-order valence-corrected chi connectivity index (χ4v) is 0.426. The van der Waals surface area contributed by atoms with Gasteiger partial charge >= 0.3 is 0 Å². The minimum atomic E-state index is -0.118. The molecule has 0 aliphatic heterocycles. The summed E-state index contributed by atoms with van der Waals surface area (Å²) in [5, 5.41) is 0. The molecule has 0 fully saturated rings. The Labute approximate surface area is 50.1 Å². The monoisotopic (exact) mass is 116 g/mol. The van der Waals surface area contributed by atoms with Crippen LogP contribution in [0.2, 0.25) is 0 Å². The first-order valence-corrected chi connectivity index (χ1v) is 2.64. The predicted octanol–water partition coefficient (Wildman–Crippen LogP) is 1.53.